The number of hydrogen-bond acceptors (Lipinski definition) is 4. The lowest BCUT2D eigenvalue weighted by Gasteiger charge is -2.03. The first kappa shape index (κ1) is 12.7. The molecule has 1 heterocycles. The van der Waals surface area contributed by atoms with Crippen molar-refractivity contribution in [2.75, 3.05) is 5.32 Å². The van der Waals surface area contributed by atoms with Crippen LogP contribution >= 0.6 is 0 Å². The molecule has 0 bridgehead atoms. The van der Waals surface area contributed by atoms with Gasteiger partial charge in [-0.05, 0) is 13.0 Å². The van der Waals surface area contributed by atoms with Gasteiger partial charge in [0, 0.05) is 18.8 Å². The van der Waals surface area contributed by atoms with Crippen molar-refractivity contribution in [2.45, 2.75) is 13.5 Å². The monoisotopic (exact) mass is 260 g/mol. The molecule has 0 unspecified atom stereocenters. The fourth-order valence-electron chi connectivity index (χ4n) is 1.59. The summed E-state index contributed by atoms with van der Waals surface area (Å²) >= 11 is 0. The topological polar surface area (TPSA) is 90.1 Å². The van der Waals surface area contributed by atoms with Gasteiger partial charge in [0.1, 0.15) is 5.69 Å². The second kappa shape index (κ2) is 5.30. The number of aromatic nitrogens is 2. The lowest BCUT2D eigenvalue weighted by atomic mass is 10.2. The minimum absolute atomic E-state index is 0.140. The van der Waals surface area contributed by atoms with Gasteiger partial charge in [-0.25, -0.2) is 0 Å². The molecule has 0 spiro atoms. The normalized spacial score (nSPS) is 10.2. The van der Waals surface area contributed by atoms with Gasteiger partial charge in [0.25, 0.3) is 11.6 Å². The van der Waals surface area contributed by atoms with E-state index in [9.17, 15) is 14.9 Å². The molecule has 98 valence electrons. The third-order valence-corrected chi connectivity index (χ3v) is 2.57. The van der Waals surface area contributed by atoms with Crippen LogP contribution in [0.2, 0.25) is 0 Å². The van der Waals surface area contributed by atoms with Crippen LogP contribution in [0.4, 0.5) is 11.4 Å². The van der Waals surface area contributed by atoms with E-state index < -0.39 is 10.8 Å². The highest BCUT2D eigenvalue weighted by molar-refractivity contribution is 6.05. The van der Waals surface area contributed by atoms with Crippen LogP contribution in [-0.4, -0.2) is 20.6 Å². The number of anilines is 1. The van der Waals surface area contributed by atoms with Crippen LogP contribution in [0.25, 0.3) is 0 Å². The first-order chi connectivity index (χ1) is 9.11. The summed E-state index contributed by atoms with van der Waals surface area (Å²) in [5.41, 5.74) is 0.389. The fraction of sp³-hybridized carbons (Fsp3) is 0.167. The summed E-state index contributed by atoms with van der Waals surface area (Å²) < 4.78 is 1.61. The fourth-order valence-corrected chi connectivity index (χ4v) is 1.59. The largest absolute Gasteiger partial charge is 0.316 e. The molecule has 19 heavy (non-hydrogen) atoms. The number of para-hydroxylation sites is 2. The van der Waals surface area contributed by atoms with Crippen molar-refractivity contribution < 1.29 is 9.72 Å². The van der Waals surface area contributed by atoms with Gasteiger partial charge < -0.3 is 5.32 Å². The summed E-state index contributed by atoms with van der Waals surface area (Å²) in [5, 5.41) is 17.3. The average molecular weight is 260 g/mol. The molecule has 0 saturated carbocycles. The molecule has 0 aliphatic heterocycles. The van der Waals surface area contributed by atoms with Gasteiger partial charge in [-0.2, -0.15) is 5.10 Å². The lowest BCUT2D eigenvalue weighted by Crippen LogP contribution is -2.12. The number of nitro benzene ring substituents is 1. The predicted molar refractivity (Wildman–Crippen MR) is 69.0 cm³/mol. The van der Waals surface area contributed by atoms with Crippen LogP contribution in [0, 0.1) is 10.1 Å². The number of nitro groups is 1. The van der Waals surface area contributed by atoms with Crippen molar-refractivity contribution in [3.05, 3.63) is 52.3 Å². The smallest absolute Gasteiger partial charge is 0.292 e. The van der Waals surface area contributed by atoms with Gasteiger partial charge in [-0.1, -0.05) is 12.1 Å². The molecule has 0 saturated heterocycles. The second-order valence-electron chi connectivity index (χ2n) is 3.81. The molecule has 1 amide bonds. The average Bonchev–Trinajstić information content (AvgIpc) is 2.88. The van der Waals surface area contributed by atoms with Crippen LogP contribution in [-0.2, 0) is 6.54 Å². The van der Waals surface area contributed by atoms with Crippen molar-refractivity contribution in [3.63, 3.8) is 0 Å². The third kappa shape index (κ3) is 2.76. The summed E-state index contributed by atoms with van der Waals surface area (Å²) in [4.78, 5) is 22.2. The van der Waals surface area contributed by atoms with Crippen LogP contribution in [0.3, 0.4) is 0 Å². The predicted octanol–water partition coefficient (Wildman–Crippen LogP) is 2.06. The van der Waals surface area contributed by atoms with Crippen molar-refractivity contribution in [1.29, 1.82) is 0 Å². The number of amides is 1. The SMILES string of the molecule is CCn1cc(C(=O)Nc2ccccc2[N+](=O)[O-])cn1. The molecule has 1 aromatic carbocycles. The first-order valence-electron chi connectivity index (χ1n) is 5.69. The highest BCUT2D eigenvalue weighted by atomic mass is 16.6. The van der Waals surface area contributed by atoms with E-state index in [1.165, 1.54) is 18.3 Å². The van der Waals surface area contributed by atoms with Gasteiger partial charge in [0.15, 0.2) is 0 Å². The van der Waals surface area contributed by atoms with E-state index in [-0.39, 0.29) is 11.4 Å². The van der Waals surface area contributed by atoms with Crippen molar-refractivity contribution >= 4 is 17.3 Å². The molecular formula is C12H12N4O3. The van der Waals surface area contributed by atoms with Gasteiger partial charge in [-0.3, -0.25) is 19.6 Å². The van der Waals surface area contributed by atoms with Crippen LogP contribution < -0.4 is 5.32 Å². The maximum Gasteiger partial charge on any atom is 0.292 e. The van der Waals surface area contributed by atoms with E-state index in [0.29, 0.717) is 12.1 Å². The maximum atomic E-state index is 11.9. The quantitative estimate of drug-likeness (QED) is 0.673. The molecular weight excluding hydrogens is 248 g/mol. The molecule has 1 N–H and O–H groups in total. The Labute approximate surface area is 109 Å². The van der Waals surface area contributed by atoms with Gasteiger partial charge in [0.2, 0.25) is 0 Å². The zero-order valence-electron chi connectivity index (χ0n) is 10.2. The zero-order valence-corrected chi connectivity index (χ0v) is 10.2. The number of hydrogen-bond donors (Lipinski definition) is 1. The minimum atomic E-state index is -0.537. The Kier molecular flexibility index (Phi) is 3.56. The molecule has 2 rings (SSSR count). The summed E-state index contributed by atoms with van der Waals surface area (Å²) in [6, 6.07) is 5.99. The van der Waals surface area contributed by atoms with E-state index in [4.69, 9.17) is 0 Å². The number of nitrogens with zero attached hydrogens (tertiary/aromatic N) is 3. The zero-order chi connectivity index (χ0) is 13.8. The van der Waals surface area contributed by atoms with Gasteiger partial charge in [0.05, 0.1) is 16.7 Å². The van der Waals surface area contributed by atoms with E-state index in [1.807, 2.05) is 6.92 Å². The van der Waals surface area contributed by atoms with Crippen molar-refractivity contribution in [1.82, 2.24) is 9.78 Å². The third-order valence-electron chi connectivity index (χ3n) is 2.57. The van der Waals surface area contributed by atoms with E-state index in [1.54, 1.807) is 23.0 Å². The Bertz CT molecular complexity index is 621. The molecule has 0 atom stereocenters. The molecule has 0 aliphatic rings. The van der Waals surface area contributed by atoms with Crippen molar-refractivity contribution in [2.24, 2.45) is 0 Å². The van der Waals surface area contributed by atoms with Gasteiger partial charge >= 0.3 is 0 Å². The van der Waals surface area contributed by atoms with Crippen LogP contribution in [0.1, 0.15) is 17.3 Å². The van der Waals surface area contributed by atoms with Crippen LogP contribution in [0.15, 0.2) is 36.7 Å². The maximum absolute atomic E-state index is 11.9. The van der Waals surface area contributed by atoms with Gasteiger partial charge in [-0.15, -0.1) is 0 Å². The number of carbonyl (C=O) groups is 1. The number of carbonyl (C=O) groups excluding carboxylic acids is 1. The Morgan fingerprint density at radius 1 is 1.47 bits per heavy atom. The molecule has 0 fully saturated rings. The molecule has 7 heteroatoms. The Morgan fingerprint density at radius 2 is 2.21 bits per heavy atom. The van der Waals surface area contributed by atoms with Crippen LogP contribution in [0.5, 0.6) is 0 Å². The number of nitrogens with one attached hydrogen (secondary N) is 1. The van der Waals surface area contributed by atoms with E-state index in [0.717, 1.165) is 0 Å². The number of rotatable bonds is 4. The molecule has 1 aromatic heterocycles. The molecule has 7 nitrogen and oxygen atoms in total. The summed E-state index contributed by atoms with van der Waals surface area (Å²) in [5.74, 6) is -0.422. The summed E-state index contributed by atoms with van der Waals surface area (Å²) in [6.45, 7) is 2.55. The first-order valence-corrected chi connectivity index (χ1v) is 5.69. The minimum Gasteiger partial charge on any atom is -0.316 e. The molecule has 0 radical (unpaired) electrons. The lowest BCUT2D eigenvalue weighted by molar-refractivity contribution is -0.383. The Balaban J connectivity index is 2.21. The highest BCUT2D eigenvalue weighted by Crippen LogP contribution is 2.23. The number of benzene rings is 1. The number of aryl methyl sites for hydroxylation is 1. The molecule has 2 aromatic rings. The standard InChI is InChI=1S/C12H12N4O3/c1-2-15-8-9(7-13-15)12(17)14-10-5-3-4-6-11(10)16(18)19/h3-8H,2H2,1H3,(H,14,17). The summed E-state index contributed by atoms with van der Waals surface area (Å²) in [6.07, 6.45) is 3.01. The Hall–Kier alpha value is -2.70. The summed E-state index contributed by atoms with van der Waals surface area (Å²) in [7, 11) is 0. The van der Waals surface area contributed by atoms with E-state index >= 15 is 0 Å². The second-order valence-corrected chi connectivity index (χ2v) is 3.81. The van der Waals surface area contributed by atoms with E-state index in [2.05, 4.69) is 10.4 Å². The Morgan fingerprint density at radius 3 is 2.84 bits per heavy atom. The molecule has 0 aliphatic carbocycles. The highest BCUT2D eigenvalue weighted by Gasteiger charge is 2.16. The van der Waals surface area contributed by atoms with Crippen molar-refractivity contribution in [3.8, 4) is 0 Å².